The minimum absolute atomic E-state index is 0.0648. The second kappa shape index (κ2) is 5.29. The van der Waals surface area contributed by atoms with Gasteiger partial charge in [0, 0.05) is 6.07 Å². The van der Waals surface area contributed by atoms with Crippen molar-refractivity contribution in [2.75, 3.05) is 12.0 Å². The molecule has 1 aliphatic heterocycles. The van der Waals surface area contributed by atoms with Gasteiger partial charge in [0.25, 0.3) is 0 Å². The van der Waals surface area contributed by atoms with Gasteiger partial charge in [-0.3, -0.25) is 0 Å². The number of ether oxygens (including phenoxy) is 1. The van der Waals surface area contributed by atoms with E-state index in [0.717, 1.165) is 5.69 Å². The van der Waals surface area contributed by atoms with Crippen LogP contribution in [-0.4, -0.2) is 24.5 Å². The SMILES string of the molecule is NS(=O)(=O)c1ccc2c(c1)OCN2.c1ncsn1. The van der Waals surface area contributed by atoms with Gasteiger partial charge in [0.05, 0.1) is 10.6 Å². The Morgan fingerprint density at radius 1 is 1.44 bits per heavy atom. The highest BCUT2D eigenvalue weighted by Gasteiger charge is 2.15. The van der Waals surface area contributed by atoms with Crippen molar-refractivity contribution in [3.63, 3.8) is 0 Å². The number of primary sulfonamides is 1. The average molecular weight is 286 g/mol. The number of nitrogens with one attached hydrogen (secondary N) is 1. The first-order valence-corrected chi connectivity index (χ1v) is 7.18. The molecule has 0 radical (unpaired) electrons. The van der Waals surface area contributed by atoms with Crippen LogP contribution < -0.4 is 15.2 Å². The minimum Gasteiger partial charge on any atom is -0.471 e. The largest absolute Gasteiger partial charge is 0.471 e. The zero-order valence-electron chi connectivity index (χ0n) is 9.11. The van der Waals surface area contributed by atoms with Gasteiger partial charge in [-0.05, 0) is 23.7 Å². The summed E-state index contributed by atoms with van der Waals surface area (Å²) in [4.78, 5) is 3.69. The molecule has 0 spiro atoms. The normalized spacial score (nSPS) is 12.7. The summed E-state index contributed by atoms with van der Waals surface area (Å²) < 4.78 is 30.6. The molecule has 96 valence electrons. The fourth-order valence-corrected chi connectivity index (χ4v) is 2.07. The maximum absolute atomic E-state index is 10.9. The number of nitrogens with two attached hydrogens (primary N) is 1. The molecule has 2 aromatic rings. The van der Waals surface area contributed by atoms with Gasteiger partial charge in [-0.15, -0.1) is 0 Å². The summed E-state index contributed by atoms with van der Waals surface area (Å²) in [5.41, 5.74) is 2.47. The van der Waals surface area contributed by atoms with Crippen LogP contribution in [0.3, 0.4) is 0 Å². The maximum Gasteiger partial charge on any atom is 0.238 e. The number of anilines is 1. The molecule has 0 amide bonds. The van der Waals surface area contributed by atoms with E-state index in [2.05, 4.69) is 14.7 Å². The van der Waals surface area contributed by atoms with Crippen molar-refractivity contribution in [3.05, 3.63) is 30.0 Å². The molecule has 1 aliphatic rings. The van der Waals surface area contributed by atoms with E-state index >= 15 is 0 Å². The van der Waals surface area contributed by atoms with E-state index in [1.165, 1.54) is 30.0 Å². The van der Waals surface area contributed by atoms with Gasteiger partial charge < -0.3 is 10.1 Å². The average Bonchev–Trinajstić information content (AvgIpc) is 3.01. The molecule has 0 bridgehead atoms. The van der Waals surface area contributed by atoms with Crippen LogP contribution in [0.2, 0.25) is 0 Å². The van der Waals surface area contributed by atoms with Crippen LogP contribution in [0.25, 0.3) is 0 Å². The lowest BCUT2D eigenvalue weighted by Gasteiger charge is -2.00. The molecule has 2 heterocycles. The fraction of sp³-hybridized carbons (Fsp3) is 0.111. The number of fused-ring (bicyclic) bond motifs is 1. The van der Waals surface area contributed by atoms with E-state index in [9.17, 15) is 8.42 Å². The summed E-state index contributed by atoms with van der Waals surface area (Å²) in [5, 5.41) is 7.87. The third-order valence-corrected chi connectivity index (χ3v) is 3.40. The van der Waals surface area contributed by atoms with Crippen molar-refractivity contribution in [2.24, 2.45) is 5.14 Å². The van der Waals surface area contributed by atoms with Crippen LogP contribution in [0.5, 0.6) is 5.75 Å². The summed E-state index contributed by atoms with van der Waals surface area (Å²) >= 11 is 1.35. The van der Waals surface area contributed by atoms with Gasteiger partial charge in [-0.25, -0.2) is 18.5 Å². The number of aromatic nitrogens is 2. The lowest BCUT2D eigenvalue weighted by Crippen LogP contribution is -2.11. The van der Waals surface area contributed by atoms with Crippen LogP contribution in [0.15, 0.2) is 34.9 Å². The molecule has 0 saturated carbocycles. The van der Waals surface area contributed by atoms with Crippen molar-refractivity contribution in [1.82, 2.24) is 9.36 Å². The van der Waals surface area contributed by atoms with Gasteiger partial charge in [-0.1, -0.05) is 0 Å². The predicted octanol–water partition coefficient (Wildman–Crippen LogP) is 0.634. The Kier molecular flexibility index (Phi) is 3.75. The summed E-state index contributed by atoms with van der Waals surface area (Å²) in [7, 11) is -3.63. The quantitative estimate of drug-likeness (QED) is 0.796. The standard InChI is InChI=1S/C7H8N2O3S.C2H2N2S/c8-13(10,11)5-1-2-6-7(3-5)12-4-9-6;1-3-2-5-4-1/h1-3,9H,4H2,(H2,8,10,11);1-2H. The number of hydrogen-bond acceptors (Lipinski definition) is 7. The number of benzene rings is 1. The number of sulfonamides is 1. The van der Waals surface area contributed by atoms with Crippen LogP contribution in [0.1, 0.15) is 0 Å². The van der Waals surface area contributed by atoms with E-state index in [1.54, 1.807) is 11.6 Å². The highest BCUT2D eigenvalue weighted by molar-refractivity contribution is 7.89. The van der Waals surface area contributed by atoms with Crippen LogP contribution >= 0.6 is 11.5 Å². The molecule has 18 heavy (non-hydrogen) atoms. The van der Waals surface area contributed by atoms with E-state index in [1.807, 2.05) is 0 Å². The summed E-state index contributed by atoms with van der Waals surface area (Å²) in [6, 6.07) is 4.47. The van der Waals surface area contributed by atoms with Crippen LogP contribution in [0.4, 0.5) is 5.69 Å². The Bertz CT molecular complexity index is 596. The number of hydrogen-bond donors (Lipinski definition) is 2. The van der Waals surface area contributed by atoms with Crippen molar-refractivity contribution in [3.8, 4) is 5.75 Å². The Morgan fingerprint density at radius 2 is 2.28 bits per heavy atom. The van der Waals surface area contributed by atoms with Crippen molar-refractivity contribution in [2.45, 2.75) is 4.90 Å². The lowest BCUT2D eigenvalue weighted by atomic mass is 10.3. The van der Waals surface area contributed by atoms with Gasteiger partial charge in [0.1, 0.15) is 17.6 Å². The smallest absolute Gasteiger partial charge is 0.238 e. The fourth-order valence-electron chi connectivity index (χ4n) is 1.27. The summed E-state index contributed by atoms with van der Waals surface area (Å²) in [5.74, 6) is 0.520. The molecule has 0 fully saturated rings. The first kappa shape index (κ1) is 12.7. The van der Waals surface area contributed by atoms with Gasteiger partial charge >= 0.3 is 0 Å². The molecule has 0 saturated heterocycles. The summed E-state index contributed by atoms with van der Waals surface area (Å²) in [6.07, 6.45) is 1.52. The van der Waals surface area contributed by atoms with E-state index < -0.39 is 10.0 Å². The highest BCUT2D eigenvalue weighted by Crippen LogP contribution is 2.30. The zero-order valence-corrected chi connectivity index (χ0v) is 10.7. The number of rotatable bonds is 1. The van der Waals surface area contributed by atoms with Gasteiger partial charge in [-0.2, -0.15) is 4.37 Å². The molecule has 0 aliphatic carbocycles. The molecule has 7 nitrogen and oxygen atoms in total. The van der Waals surface area contributed by atoms with Gasteiger partial charge in [0.15, 0.2) is 6.73 Å². The molecule has 9 heteroatoms. The molecule has 1 aromatic carbocycles. The Balaban J connectivity index is 0.000000202. The second-order valence-electron chi connectivity index (χ2n) is 3.25. The maximum atomic E-state index is 10.9. The monoisotopic (exact) mass is 286 g/mol. The lowest BCUT2D eigenvalue weighted by molar-refractivity contribution is 0.371. The van der Waals surface area contributed by atoms with Crippen molar-refractivity contribution >= 4 is 27.2 Å². The predicted molar refractivity (Wildman–Crippen MR) is 66.8 cm³/mol. The topological polar surface area (TPSA) is 107 Å². The Hall–Kier alpha value is -1.71. The zero-order chi connectivity index (χ0) is 13.0. The Morgan fingerprint density at radius 3 is 2.83 bits per heavy atom. The van der Waals surface area contributed by atoms with Crippen LogP contribution in [-0.2, 0) is 10.0 Å². The molecule has 3 rings (SSSR count). The molecule has 0 atom stereocenters. The third-order valence-electron chi connectivity index (χ3n) is 2.05. The second-order valence-corrected chi connectivity index (χ2v) is 5.44. The minimum atomic E-state index is -3.63. The van der Waals surface area contributed by atoms with Crippen molar-refractivity contribution in [1.29, 1.82) is 0 Å². The first-order valence-electron chi connectivity index (χ1n) is 4.80. The number of nitrogens with zero attached hydrogens (tertiary/aromatic N) is 2. The summed E-state index contributed by atoms with van der Waals surface area (Å²) in [6.45, 7) is 0.364. The molecule has 3 N–H and O–H groups in total. The van der Waals surface area contributed by atoms with Crippen molar-refractivity contribution < 1.29 is 13.2 Å². The van der Waals surface area contributed by atoms with Gasteiger partial charge in [0.2, 0.25) is 10.0 Å². The molecular weight excluding hydrogens is 276 g/mol. The third kappa shape index (κ3) is 3.15. The van der Waals surface area contributed by atoms with E-state index in [4.69, 9.17) is 9.88 Å². The van der Waals surface area contributed by atoms with E-state index in [0.29, 0.717) is 12.5 Å². The molecule has 0 unspecified atom stereocenters. The van der Waals surface area contributed by atoms with E-state index in [-0.39, 0.29) is 4.90 Å². The Labute approximate surface area is 108 Å². The molecular formula is C9H10N4O3S2. The van der Waals surface area contributed by atoms with Crippen LogP contribution in [0, 0.1) is 0 Å². The molecule has 1 aromatic heterocycles. The first-order chi connectivity index (χ1) is 8.57. The highest BCUT2D eigenvalue weighted by atomic mass is 32.2.